The minimum atomic E-state index is -0.452. The van der Waals surface area contributed by atoms with E-state index in [1.807, 2.05) is 12.1 Å². The molecule has 0 unspecified atom stereocenters. The van der Waals surface area contributed by atoms with Gasteiger partial charge in [0.2, 0.25) is 0 Å². The van der Waals surface area contributed by atoms with E-state index in [0.29, 0.717) is 11.3 Å². The van der Waals surface area contributed by atoms with Gasteiger partial charge in [-0.2, -0.15) is 5.26 Å². The molecule has 0 aromatic heterocycles. The molecule has 0 aliphatic rings. The van der Waals surface area contributed by atoms with Gasteiger partial charge in [-0.3, -0.25) is 10.1 Å². The van der Waals surface area contributed by atoms with E-state index in [1.54, 1.807) is 48.5 Å². The zero-order valence-corrected chi connectivity index (χ0v) is 17.2. The van der Waals surface area contributed by atoms with E-state index in [1.165, 1.54) is 18.2 Å². The second kappa shape index (κ2) is 9.30. The average Bonchev–Trinajstić information content (AvgIpc) is 2.72. The lowest BCUT2D eigenvalue weighted by Crippen LogP contribution is -1.98. The Morgan fingerprint density at radius 2 is 1.97 bits per heavy atom. The number of halogens is 2. The molecule has 0 atom stereocenters. The first kappa shape index (κ1) is 20.5. The molecule has 0 amide bonds. The number of nitrogens with zero attached hydrogens (tertiary/aromatic N) is 2. The van der Waals surface area contributed by atoms with Crippen LogP contribution in [0.5, 0.6) is 5.75 Å². The molecule has 0 saturated carbocycles. The van der Waals surface area contributed by atoms with Crippen molar-refractivity contribution in [3.05, 3.63) is 103 Å². The molecule has 0 saturated heterocycles. The second-order valence-corrected chi connectivity index (χ2v) is 7.22. The van der Waals surface area contributed by atoms with Crippen molar-refractivity contribution in [1.29, 1.82) is 5.26 Å². The van der Waals surface area contributed by atoms with E-state index in [-0.39, 0.29) is 23.4 Å². The number of benzene rings is 3. The van der Waals surface area contributed by atoms with Crippen LogP contribution in [-0.4, -0.2) is 4.92 Å². The van der Waals surface area contributed by atoms with Crippen molar-refractivity contribution in [2.75, 3.05) is 0 Å². The van der Waals surface area contributed by atoms with Crippen molar-refractivity contribution in [2.45, 2.75) is 6.61 Å². The van der Waals surface area contributed by atoms with E-state index in [4.69, 9.17) is 4.74 Å². The lowest BCUT2D eigenvalue weighted by Gasteiger charge is -2.09. The van der Waals surface area contributed by atoms with Gasteiger partial charge in [0.15, 0.2) is 0 Å². The first-order valence-corrected chi connectivity index (χ1v) is 9.58. The SMILES string of the molecule is N#CC(=Cc1ccc(OCc2cccc([N+](=O)[O-])c2)c(I)c1)c1ccccc1F. The molecule has 0 heterocycles. The largest absolute Gasteiger partial charge is 0.488 e. The van der Waals surface area contributed by atoms with Crippen LogP contribution >= 0.6 is 22.6 Å². The number of allylic oxidation sites excluding steroid dienone is 1. The summed E-state index contributed by atoms with van der Waals surface area (Å²) < 4.78 is 20.5. The molecule has 3 aromatic carbocycles. The number of non-ortho nitro benzene ring substituents is 1. The van der Waals surface area contributed by atoms with Crippen molar-refractivity contribution in [3.63, 3.8) is 0 Å². The maximum atomic E-state index is 14.0. The third kappa shape index (κ3) is 5.18. The number of nitro groups is 1. The van der Waals surface area contributed by atoms with Crippen LogP contribution in [-0.2, 0) is 6.61 Å². The Morgan fingerprint density at radius 1 is 1.17 bits per heavy atom. The minimum Gasteiger partial charge on any atom is -0.488 e. The zero-order chi connectivity index (χ0) is 20.8. The third-order valence-corrected chi connectivity index (χ3v) is 4.91. The summed E-state index contributed by atoms with van der Waals surface area (Å²) in [5.74, 6) is 0.158. The highest BCUT2D eigenvalue weighted by molar-refractivity contribution is 14.1. The smallest absolute Gasteiger partial charge is 0.269 e. The van der Waals surface area contributed by atoms with Crippen molar-refractivity contribution >= 4 is 39.9 Å². The van der Waals surface area contributed by atoms with Crippen LogP contribution in [0.15, 0.2) is 66.7 Å². The topological polar surface area (TPSA) is 76.2 Å². The highest BCUT2D eigenvalue weighted by atomic mass is 127. The molecule has 0 radical (unpaired) electrons. The van der Waals surface area contributed by atoms with Gasteiger partial charge >= 0.3 is 0 Å². The highest BCUT2D eigenvalue weighted by Gasteiger charge is 2.09. The molecular formula is C22H14FIN2O3. The molecular weight excluding hydrogens is 486 g/mol. The maximum Gasteiger partial charge on any atom is 0.269 e. The first-order chi connectivity index (χ1) is 14.0. The van der Waals surface area contributed by atoms with Crippen LogP contribution < -0.4 is 4.74 Å². The van der Waals surface area contributed by atoms with Crippen molar-refractivity contribution in [3.8, 4) is 11.8 Å². The first-order valence-electron chi connectivity index (χ1n) is 8.50. The van der Waals surface area contributed by atoms with Crippen LogP contribution in [0.3, 0.4) is 0 Å². The van der Waals surface area contributed by atoms with Crippen molar-refractivity contribution in [1.82, 2.24) is 0 Å². The monoisotopic (exact) mass is 500 g/mol. The molecule has 29 heavy (non-hydrogen) atoms. The average molecular weight is 500 g/mol. The summed E-state index contributed by atoms with van der Waals surface area (Å²) in [6.07, 6.45) is 1.62. The standard InChI is InChI=1S/C22H14FIN2O3/c23-20-7-2-1-6-19(20)17(13-25)10-15-8-9-22(21(24)12-15)29-14-16-4-3-5-18(11-16)26(27)28/h1-12H,14H2. The Balaban J connectivity index is 1.78. The van der Waals surface area contributed by atoms with Gasteiger partial charge < -0.3 is 4.74 Å². The van der Waals surface area contributed by atoms with Gasteiger partial charge in [-0.1, -0.05) is 36.4 Å². The van der Waals surface area contributed by atoms with Gasteiger partial charge in [-0.05, 0) is 58.0 Å². The molecule has 5 nitrogen and oxygen atoms in total. The maximum absolute atomic E-state index is 14.0. The Morgan fingerprint density at radius 3 is 2.66 bits per heavy atom. The third-order valence-electron chi connectivity index (χ3n) is 4.07. The lowest BCUT2D eigenvalue weighted by molar-refractivity contribution is -0.384. The van der Waals surface area contributed by atoms with Crippen LogP contribution in [0.2, 0.25) is 0 Å². The fraction of sp³-hybridized carbons (Fsp3) is 0.0455. The molecule has 0 spiro atoms. The summed E-state index contributed by atoms with van der Waals surface area (Å²) in [6, 6.07) is 19.8. The van der Waals surface area contributed by atoms with Crippen molar-refractivity contribution < 1.29 is 14.1 Å². The van der Waals surface area contributed by atoms with E-state index in [0.717, 1.165) is 9.13 Å². The number of nitro benzene ring substituents is 1. The van der Waals surface area contributed by atoms with Gasteiger partial charge in [-0.25, -0.2) is 4.39 Å². The Bertz CT molecular complexity index is 1140. The fourth-order valence-corrected chi connectivity index (χ4v) is 3.36. The van der Waals surface area contributed by atoms with Gasteiger partial charge in [0.05, 0.1) is 20.1 Å². The molecule has 3 aromatic rings. The van der Waals surface area contributed by atoms with E-state index >= 15 is 0 Å². The van der Waals surface area contributed by atoms with E-state index < -0.39 is 10.7 Å². The van der Waals surface area contributed by atoms with Crippen LogP contribution in [0.4, 0.5) is 10.1 Å². The molecule has 0 N–H and O–H groups in total. The summed E-state index contributed by atoms with van der Waals surface area (Å²) >= 11 is 2.11. The Hall–Kier alpha value is -3.25. The molecule has 0 bridgehead atoms. The van der Waals surface area contributed by atoms with E-state index in [9.17, 15) is 19.8 Å². The summed E-state index contributed by atoms with van der Waals surface area (Å²) in [5, 5.41) is 20.3. The lowest BCUT2D eigenvalue weighted by atomic mass is 10.0. The number of hydrogen-bond acceptors (Lipinski definition) is 4. The molecule has 3 rings (SSSR count). The number of hydrogen-bond donors (Lipinski definition) is 0. The van der Waals surface area contributed by atoms with E-state index in [2.05, 4.69) is 22.6 Å². The second-order valence-electron chi connectivity index (χ2n) is 6.06. The molecule has 144 valence electrons. The Labute approximate surface area is 180 Å². The van der Waals surface area contributed by atoms with Crippen LogP contribution in [0.1, 0.15) is 16.7 Å². The number of rotatable bonds is 6. The minimum absolute atomic E-state index is 0.0125. The fourth-order valence-electron chi connectivity index (χ4n) is 2.66. The molecule has 7 heteroatoms. The van der Waals surface area contributed by atoms with Crippen LogP contribution in [0.25, 0.3) is 11.6 Å². The predicted octanol–water partition coefficient (Wildman–Crippen LogP) is 5.98. The summed E-state index contributed by atoms with van der Waals surface area (Å²) in [6.45, 7) is 0.186. The van der Waals surface area contributed by atoms with Gasteiger partial charge in [0.1, 0.15) is 18.2 Å². The molecule has 0 fully saturated rings. The van der Waals surface area contributed by atoms with Crippen LogP contribution in [0, 0.1) is 30.8 Å². The zero-order valence-electron chi connectivity index (χ0n) is 15.0. The highest BCUT2D eigenvalue weighted by Crippen LogP contribution is 2.27. The summed E-state index contributed by atoms with van der Waals surface area (Å²) in [4.78, 5) is 10.4. The molecule has 0 aliphatic heterocycles. The van der Waals surface area contributed by atoms with Gasteiger partial charge in [0.25, 0.3) is 5.69 Å². The van der Waals surface area contributed by atoms with Crippen molar-refractivity contribution in [2.24, 2.45) is 0 Å². The predicted molar refractivity (Wildman–Crippen MR) is 116 cm³/mol. The van der Waals surface area contributed by atoms with Gasteiger partial charge in [0, 0.05) is 17.7 Å². The number of ether oxygens (including phenoxy) is 1. The normalized spacial score (nSPS) is 11.0. The van der Waals surface area contributed by atoms with Gasteiger partial charge in [-0.15, -0.1) is 0 Å². The quantitative estimate of drug-likeness (QED) is 0.137. The molecule has 0 aliphatic carbocycles. The Kier molecular flexibility index (Phi) is 6.57. The summed E-state index contributed by atoms with van der Waals surface area (Å²) in [7, 11) is 0. The number of nitriles is 1. The summed E-state index contributed by atoms with van der Waals surface area (Å²) in [5.41, 5.74) is 1.90.